The number of carbonyl (C=O) groups is 1. The van der Waals surface area contributed by atoms with E-state index in [1.165, 1.54) is 6.07 Å². The summed E-state index contributed by atoms with van der Waals surface area (Å²) >= 11 is 3.14. The van der Waals surface area contributed by atoms with Gasteiger partial charge >= 0.3 is 0 Å². The van der Waals surface area contributed by atoms with Crippen LogP contribution in [-0.4, -0.2) is 11.1 Å². The maximum atomic E-state index is 13.5. The maximum absolute atomic E-state index is 13.5. The van der Waals surface area contributed by atoms with Gasteiger partial charge in [0, 0.05) is 5.56 Å². The molecule has 1 aliphatic rings. The number of ketones is 1. The first kappa shape index (κ1) is 9.84. The molecule has 0 bridgehead atoms. The standard InChI is InChI=1S/C11H10BrFO/c12-7-10(14)11(5-6-11)8-3-1-2-4-9(8)13/h1-4H,5-7H2. The fraction of sp³-hybridized carbons (Fsp3) is 0.364. The Balaban J connectivity index is 2.40. The Labute approximate surface area is 90.4 Å². The molecular formula is C11H10BrFO. The van der Waals surface area contributed by atoms with Gasteiger partial charge in [0.1, 0.15) is 5.82 Å². The first-order valence-corrected chi connectivity index (χ1v) is 5.67. The van der Waals surface area contributed by atoms with Crippen LogP contribution in [0.15, 0.2) is 24.3 Å². The third-order valence-electron chi connectivity index (χ3n) is 2.79. The van der Waals surface area contributed by atoms with Crippen molar-refractivity contribution < 1.29 is 9.18 Å². The van der Waals surface area contributed by atoms with Gasteiger partial charge in [-0.2, -0.15) is 0 Å². The molecule has 74 valence electrons. The van der Waals surface area contributed by atoms with Gasteiger partial charge in [0.2, 0.25) is 0 Å². The van der Waals surface area contributed by atoms with Gasteiger partial charge in [-0.15, -0.1) is 0 Å². The lowest BCUT2D eigenvalue weighted by molar-refractivity contribution is -0.118. The molecule has 0 N–H and O–H groups in total. The van der Waals surface area contributed by atoms with Crippen LogP contribution in [0, 0.1) is 5.82 Å². The normalized spacial score (nSPS) is 17.9. The van der Waals surface area contributed by atoms with Gasteiger partial charge in [-0.1, -0.05) is 34.1 Å². The second kappa shape index (κ2) is 3.46. The minimum Gasteiger partial charge on any atom is -0.298 e. The highest BCUT2D eigenvalue weighted by atomic mass is 79.9. The van der Waals surface area contributed by atoms with Crippen LogP contribution in [0.5, 0.6) is 0 Å². The lowest BCUT2D eigenvalue weighted by Crippen LogP contribution is -2.22. The molecule has 1 aliphatic carbocycles. The van der Waals surface area contributed by atoms with E-state index in [-0.39, 0.29) is 11.6 Å². The van der Waals surface area contributed by atoms with Crippen molar-refractivity contribution in [2.75, 3.05) is 5.33 Å². The summed E-state index contributed by atoms with van der Waals surface area (Å²) in [5, 5.41) is 0.307. The highest BCUT2D eigenvalue weighted by Crippen LogP contribution is 2.50. The number of carbonyl (C=O) groups excluding carboxylic acids is 1. The van der Waals surface area contributed by atoms with Crippen LogP contribution in [0.4, 0.5) is 4.39 Å². The topological polar surface area (TPSA) is 17.1 Å². The van der Waals surface area contributed by atoms with Gasteiger partial charge in [0.15, 0.2) is 5.78 Å². The van der Waals surface area contributed by atoms with Crippen molar-refractivity contribution >= 4 is 21.7 Å². The van der Waals surface area contributed by atoms with Gasteiger partial charge in [0.25, 0.3) is 0 Å². The SMILES string of the molecule is O=C(CBr)C1(c2ccccc2F)CC1. The van der Waals surface area contributed by atoms with E-state index in [0.29, 0.717) is 10.9 Å². The highest BCUT2D eigenvalue weighted by molar-refractivity contribution is 9.09. The number of hydrogen-bond acceptors (Lipinski definition) is 1. The van der Waals surface area contributed by atoms with Crippen molar-refractivity contribution in [3.63, 3.8) is 0 Å². The lowest BCUT2D eigenvalue weighted by atomic mass is 9.92. The maximum Gasteiger partial charge on any atom is 0.153 e. The van der Waals surface area contributed by atoms with Crippen molar-refractivity contribution in [3.8, 4) is 0 Å². The van der Waals surface area contributed by atoms with Crippen LogP contribution in [-0.2, 0) is 10.2 Å². The minimum atomic E-state index is -0.519. The zero-order valence-corrected chi connectivity index (χ0v) is 9.18. The molecule has 0 aliphatic heterocycles. The fourth-order valence-corrected chi connectivity index (χ4v) is 2.34. The first-order chi connectivity index (χ1) is 6.70. The molecule has 0 radical (unpaired) electrons. The molecule has 1 aromatic rings. The van der Waals surface area contributed by atoms with E-state index in [1.54, 1.807) is 18.2 Å². The van der Waals surface area contributed by atoms with Crippen molar-refractivity contribution in [2.45, 2.75) is 18.3 Å². The quantitative estimate of drug-likeness (QED) is 0.761. The minimum absolute atomic E-state index is 0.0857. The molecule has 1 nitrogen and oxygen atoms in total. The monoisotopic (exact) mass is 256 g/mol. The summed E-state index contributed by atoms with van der Waals surface area (Å²) in [6.07, 6.45) is 1.55. The van der Waals surface area contributed by atoms with Crippen LogP contribution in [0.1, 0.15) is 18.4 Å². The van der Waals surface area contributed by atoms with E-state index in [2.05, 4.69) is 15.9 Å². The Morgan fingerprint density at radius 3 is 2.57 bits per heavy atom. The zero-order chi connectivity index (χ0) is 10.2. The summed E-state index contributed by atoms with van der Waals surface area (Å²) in [5.74, 6) is -0.179. The average Bonchev–Trinajstić information content (AvgIpc) is 2.98. The van der Waals surface area contributed by atoms with Gasteiger partial charge in [-0.3, -0.25) is 4.79 Å². The smallest absolute Gasteiger partial charge is 0.153 e. The van der Waals surface area contributed by atoms with E-state index in [1.807, 2.05) is 0 Å². The van der Waals surface area contributed by atoms with Crippen molar-refractivity contribution in [3.05, 3.63) is 35.6 Å². The van der Waals surface area contributed by atoms with Crippen molar-refractivity contribution in [1.29, 1.82) is 0 Å². The van der Waals surface area contributed by atoms with Crippen molar-refractivity contribution in [2.24, 2.45) is 0 Å². The molecule has 0 heterocycles. The fourth-order valence-electron chi connectivity index (χ4n) is 1.80. The molecule has 1 aromatic carbocycles. The molecule has 0 unspecified atom stereocenters. The van der Waals surface area contributed by atoms with E-state index in [0.717, 1.165) is 12.8 Å². The molecule has 14 heavy (non-hydrogen) atoms. The second-order valence-corrected chi connectivity index (χ2v) is 4.18. The zero-order valence-electron chi connectivity index (χ0n) is 7.59. The molecule has 3 heteroatoms. The lowest BCUT2D eigenvalue weighted by Gasteiger charge is -2.13. The molecular weight excluding hydrogens is 247 g/mol. The number of hydrogen-bond donors (Lipinski definition) is 0. The Hall–Kier alpha value is -0.700. The number of benzene rings is 1. The first-order valence-electron chi connectivity index (χ1n) is 4.55. The van der Waals surface area contributed by atoms with Gasteiger partial charge in [-0.25, -0.2) is 4.39 Å². The molecule has 0 spiro atoms. The third kappa shape index (κ3) is 1.40. The molecule has 1 saturated carbocycles. The Morgan fingerprint density at radius 1 is 1.43 bits per heavy atom. The molecule has 0 saturated heterocycles. The number of alkyl halides is 1. The molecule has 0 aromatic heterocycles. The van der Waals surface area contributed by atoms with Gasteiger partial charge in [0.05, 0.1) is 10.7 Å². The summed E-state index contributed by atoms with van der Waals surface area (Å²) in [4.78, 5) is 11.6. The Bertz CT molecular complexity index is 371. The number of Topliss-reactive ketones (excluding diaryl/α,β-unsaturated/α-hetero) is 1. The van der Waals surface area contributed by atoms with Gasteiger partial charge in [-0.05, 0) is 18.9 Å². The van der Waals surface area contributed by atoms with E-state index >= 15 is 0 Å². The van der Waals surface area contributed by atoms with Gasteiger partial charge < -0.3 is 0 Å². The van der Waals surface area contributed by atoms with Crippen LogP contribution in [0.25, 0.3) is 0 Å². The summed E-state index contributed by atoms with van der Waals surface area (Å²) in [7, 11) is 0. The summed E-state index contributed by atoms with van der Waals surface area (Å²) in [6.45, 7) is 0. The van der Waals surface area contributed by atoms with Crippen LogP contribution < -0.4 is 0 Å². The summed E-state index contributed by atoms with van der Waals surface area (Å²) in [6, 6.07) is 6.55. The average molecular weight is 257 g/mol. The number of halogens is 2. The molecule has 0 amide bonds. The van der Waals surface area contributed by atoms with Crippen LogP contribution >= 0.6 is 15.9 Å². The van der Waals surface area contributed by atoms with Crippen LogP contribution in [0.2, 0.25) is 0 Å². The summed E-state index contributed by atoms with van der Waals surface area (Å²) in [5.41, 5.74) is 0.0407. The largest absolute Gasteiger partial charge is 0.298 e. The second-order valence-electron chi connectivity index (χ2n) is 3.62. The summed E-state index contributed by atoms with van der Waals surface area (Å²) < 4.78 is 13.5. The Morgan fingerprint density at radius 2 is 2.07 bits per heavy atom. The Kier molecular flexibility index (Phi) is 2.43. The predicted molar refractivity (Wildman–Crippen MR) is 56.1 cm³/mol. The van der Waals surface area contributed by atoms with E-state index in [9.17, 15) is 9.18 Å². The van der Waals surface area contributed by atoms with Crippen LogP contribution in [0.3, 0.4) is 0 Å². The molecule has 1 fully saturated rings. The van der Waals surface area contributed by atoms with E-state index < -0.39 is 5.41 Å². The molecule has 0 atom stereocenters. The highest BCUT2D eigenvalue weighted by Gasteiger charge is 2.51. The predicted octanol–water partition coefficient (Wildman–Crippen LogP) is 2.82. The third-order valence-corrected chi connectivity index (χ3v) is 3.30. The van der Waals surface area contributed by atoms with E-state index in [4.69, 9.17) is 0 Å². The van der Waals surface area contributed by atoms with Crippen molar-refractivity contribution in [1.82, 2.24) is 0 Å². The molecule has 2 rings (SSSR count). The number of rotatable bonds is 3.